The van der Waals surface area contributed by atoms with Gasteiger partial charge in [-0.2, -0.15) is 5.10 Å². The Bertz CT molecular complexity index is 1100. The Labute approximate surface area is 205 Å². The number of hydrogen-bond donors (Lipinski definition) is 2. The number of piperidine rings is 1. The molecule has 2 aliphatic rings. The topological polar surface area (TPSA) is 104 Å². The zero-order chi connectivity index (χ0) is 24.8. The fraction of sp³-hybridized carbons (Fsp3) is 0.583. The standard InChI is InChI=1S/C24H33ClN6O3/c1-23(2,3)31(21(32)28-15-6-8-29(9-7-15)22(33)34)20-10-16(18(25)13-26-20)17-12-27-30-14-24(4,5)11-19(17)30/h10,12-13,15H,6-9,11,14H2,1-5H3,(H,28,32)(H,33,34). The Hall–Kier alpha value is -2.81. The molecule has 9 nitrogen and oxygen atoms in total. The van der Waals surface area contributed by atoms with Gasteiger partial charge in [-0.25, -0.2) is 14.6 Å². The van der Waals surface area contributed by atoms with Crippen molar-refractivity contribution in [2.45, 2.75) is 72.0 Å². The maximum atomic E-state index is 13.4. The summed E-state index contributed by atoms with van der Waals surface area (Å²) in [7, 11) is 0. The van der Waals surface area contributed by atoms with E-state index < -0.39 is 11.6 Å². The molecule has 2 aliphatic heterocycles. The Morgan fingerprint density at radius 1 is 1.21 bits per heavy atom. The molecule has 1 saturated heterocycles. The molecule has 2 aromatic rings. The molecular weight excluding hydrogens is 456 g/mol. The number of halogens is 1. The molecule has 0 aliphatic carbocycles. The van der Waals surface area contributed by atoms with Gasteiger partial charge in [-0.1, -0.05) is 25.4 Å². The van der Waals surface area contributed by atoms with E-state index in [0.29, 0.717) is 36.8 Å². The Balaban J connectivity index is 1.60. The second kappa shape index (κ2) is 8.76. The van der Waals surface area contributed by atoms with Crippen molar-refractivity contribution >= 4 is 29.5 Å². The van der Waals surface area contributed by atoms with Crippen LogP contribution < -0.4 is 10.2 Å². The summed E-state index contributed by atoms with van der Waals surface area (Å²) in [5, 5.41) is 17.3. The number of urea groups is 1. The number of anilines is 1. The van der Waals surface area contributed by atoms with Crippen molar-refractivity contribution < 1.29 is 14.7 Å². The van der Waals surface area contributed by atoms with Crippen molar-refractivity contribution in [2.24, 2.45) is 5.41 Å². The highest BCUT2D eigenvalue weighted by atomic mass is 35.5. The summed E-state index contributed by atoms with van der Waals surface area (Å²) in [4.78, 5) is 32.1. The molecule has 0 radical (unpaired) electrons. The van der Waals surface area contributed by atoms with Gasteiger partial charge in [-0.15, -0.1) is 0 Å². The number of rotatable bonds is 3. The van der Waals surface area contributed by atoms with Crippen LogP contribution >= 0.6 is 11.6 Å². The lowest BCUT2D eigenvalue weighted by Gasteiger charge is -2.37. The summed E-state index contributed by atoms with van der Waals surface area (Å²) in [5.74, 6) is 0.504. The molecule has 184 valence electrons. The number of nitrogens with one attached hydrogen (secondary N) is 1. The number of fused-ring (bicyclic) bond motifs is 1. The molecule has 0 spiro atoms. The van der Waals surface area contributed by atoms with Crippen molar-refractivity contribution in [2.75, 3.05) is 18.0 Å². The molecule has 4 rings (SSSR count). The lowest BCUT2D eigenvalue weighted by Crippen LogP contribution is -2.55. The number of aromatic nitrogens is 3. The molecule has 0 saturated carbocycles. The fourth-order valence-corrected chi connectivity index (χ4v) is 5.04. The average Bonchev–Trinajstić information content (AvgIpc) is 3.23. The highest BCUT2D eigenvalue weighted by Crippen LogP contribution is 2.40. The highest BCUT2D eigenvalue weighted by Gasteiger charge is 2.34. The van der Waals surface area contributed by atoms with E-state index in [1.165, 1.54) is 4.90 Å². The maximum absolute atomic E-state index is 13.4. The number of likely N-dealkylation sites (tertiary alicyclic amines) is 1. The van der Waals surface area contributed by atoms with Gasteiger partial charge in [0.25, 0.3) is 0 Å². The van der Waals surface area contributed by atoms with E-state index in [9.17, 15) is 9.59 Å². The van der Waals surface area contributed by atoms with E-state index in [4.69, 9.17) is 16.7 Å². The van der Waals surface area contributed by atoms with Gasteiger partial charge in [0, 0.05) is 54.2 Å². The molecular formula is C24H33ClN6O3. The Morgan fingerprint density at radius 3 is 2.50 bits per heavy atom. The number of carboxylic acid groups (broad SMARTS) is 1. The number of nitrogens with zero attached hydrogens (tertiary/aromatic N) is 5. The summed E-state index contributed by atoms with van der Waals surface area (Å²) < 4.78 is 2.03. The van der Waals surface area contributed by atoms with E-state index in [2.05, 4.69) is 29.2 Å². The quantitative estimate of drug-likeness (QED) is 0.655. The minimum absolute atomic E-state index is 0.0964. The predicted molar refractivity (Wildman–Crippen MR) is 131 cm³/mol. The lowest BCUT2D eigenvalue weighted by atomic mass is 9.89. The molecule has 4 heterocycles. The average molecular weight is 489 g/mol. The van der Waals surface area contributed by atoms with Crippen LogP contribution in [0.4, 0.5) is 15.4 Å². The number of carbonyl (C=O) groups excluding carboxylic acids is 1. The molecule has 1 fully saturated rings. The van der Waals surface area contributed by atoms with Gasteiger partial charge in [-0.05, 0) is 51.5 Å². The van der Waals surface area contributed by atoms with Crippen molar-refractivity contribution in [3.63, 3.8) is 0 Å². The largest absolute Gasteiger partial charge is 0.465 e. The maximum Gasteiger partial charge on any atom is 0.407 e. The first-order valence-electron chi connectivity index (χ1n) is 11.6. The number of hydrogen-bond acceptors (Lipinski definition) is 4. The first kappa shape index (κ1) is 24.3. The van der Waals surface area contributed by atoms with Crippen molar-refractivity contribution in [3.05, 3.63) is 29.2 Å². The summed E-state index contributed by atoms with van der Waals surface area (Å²) in [6, 6.07) is 1.51. The predicted octanol–water partition coefficient (Wildman–Crippen LogP) is 4.64. The van der Waals surface area contributed by atoms with Gasteiger partial charge in [-0.3, -0.25) is 9.58 Å². The normalized spacial score (nSPS) is 18.0. The second-order valence-corrected chi connectivity index (χ2v) is 11.4. The van der Waals surface area contributed by atoms with Crippen LogP contribution in [0.25, 0.3) is 11.1 Å². The van der Waals surface area contributed by atoms with Gasteiger partial charge < -0.3 is 15.3 Å². The molecule has 2 aromatic heterocycles. The molecule has 10 heteroatoms. The number of pyridine rings is 1. The van der Waals surface area contributed by atoms with Crippen LogP contribution in [-0.2, 0) is 13.0 Å². The van der Waals surface area contributed by atoms with Crippen LogP contribution in [0.2, 0.25) is 5.02 Å². The fourth-order valence-electron chi connectivity index (χ4n) is 4.84. The molecule has 0 bridgehead atoms. The third-order valence-electron chi connectivity index (χ3n) is 6.50. The first-order valence-corrected chi connectivity index (χ1v) is 12.0. The van der Waals surface area contributed by atoms with E-state index in [1.807, 2.05) is 37.7 Å². The van der Waals surface area contributed by atoms with E-state index in [-0.39, 0.29) is 17.5 Å². The van der Waals surface area contributed by atoms with Gasteiger partial charge in [0.15, 0.2) is 0 Å². The molecule has 2 N–H and O–H groups in total. The van der Waals surface area contributed by atoms with Crippen molar-refractivity contribution in [3.8, 4) is 11.1 Å². The van der Waals surface area contributed by atoms with Crippen LogP contribution in [0.1, 0.15) is 53.2 Å². The minimum atomic E-state index is -0.922. The van der Waals surface area contributed by atoms with Crippen LogP contribution in [0.3, 0.4) is 0 Å². The SMILES string of the molecule is CC1(C)Cc2c(-c3cc(N(C(=O)NC4CCN(C(=O)O)CC4)C(C)(C)C)ncc3Cl)cnn2C1. The summed E-state index contributed by atoms with van der Waals surface area (Å²) >= 11 is 6.58. The molecule has 0 aromatic carbocycles. The second-order valence-electron chi connectivity index (χ2n) is 11.0. The van der Waals surface area contributed by atoms with Gasteiger partial charge in [0.1, 0.15) is 5.82 Å². The van der Waals surface area contributed by atoms with E-state index >= 15 is 0 Å². The lowest BCUT2D eigenvalue weighted by molar-refractivity contribution is 0.130. The zero-order valence-corrected chi connectivity index (χ0v) is 21.2. The summed E-state index contributed by atoms with van der Waals surface area (Å²) in [5.41, 5.74) is 2.50. The minimum Gasteiger partial charge on any atom is -0.465 e. The third kappa shape index (κ3) is 4.85. The smallest absolute Gasteiger partial charge is 0.407 e. The molecule has 0 unspecified atom stereocenters. The summed E-state index contributed by atoms with van der Waals surface area (Å²) in [6.07, 6.45) is 4.56. The van der Waals surface area contributed by atoms with Crippen molar-refractivity contribution in [1.29, 1.82) is 0 Å². The van der Waals surface area contributed by atoms with Gasteiger partial charge in [0.2, 0.25) is 0 Å². The highest BCUT2D eigenvalue weighted by molar-refractivity contribution is 6.33. The van der Waals surface area contributed by atoms with E-state index in [1.54, 1.807) is 11.1 Å². The number of amides is 3. The van der Waals surface area contributed by atoms with Gasteiger partial charge in [0.05, 0.1) is 11.2 Å². The first-order chi connectivity index (χ1) is 15.9. The molecule has 0 atom stereocenters. The van der Waals surface area contributed by atoms with Crippen molar-refractivity contribution in [1.82, 2.24) is 25.0 Å². The van der Waals surface area contributed by atoms with Crippen LogP contribution in [0.15, 0.2) is 18.5 Å². The van der Waals surface area contributed by atoms with Crippen LogP contribution in [0, 0.1) is 5.41 Å². The van der Waals surface area contributed by atoms with Gasteiger partial charge >= 0.3 is 12.1 Å². The molecule has 34 heavy (non-hydrogen) atoms. The number of carbonyl (C=O) groups is 2. The zero-order valence-electron chi connectivity index (χ0n) is 20.4. The van der Waals surface area contributed by atoms with Crippen LogP contribution in [0.5, 0.6) is 0 Å². The van der Waals surface area contributed by atoms with Crippen LogP contribution in [-0.4, -0.2) is 61.6 Å². The third-order valence-corrected chi connectivity index (χ3v) is 6.80. The van der Waals surface area contributed by atoms with E-state index in [0.717, 1.165) is 29.8 Å². The summed E-state index contributed by atoms with van der Waals surface area (Å²) in [6.45, 7) is 12.0. The Morgan fingerprint density at radius 2 is 1.88 bits per heavy atom. The monoisotopic (exact) mass is 488 g/mol. The Kier molecular flexibility index (Phi) is 6.27. The molecule has 3 amide bonds.